The van der Waals surface area contributed by atoms with E-state index >= 15 is 0 Å². The third kappa shape index (κ3) is 2.43. The second kappa shape index (κ2) is 5.32. The van der Waals surface area contributed by atoms with E-state index in [0.717, 1.165) is 29.8 Å². The van der Waals surface area contributed by atoms with E-state index in [2.05, 4.69) is 16.1 Å². The van der Waals surface area contributed by atoms with Crippen molar-refractivity contribution in [2.24, 2.45) is 0 Å². The molecule has 0 unspecified atom stereocenters. The Morgan fingerprint density at radius 2 is 2.04 bits per heavy atom. The first-order valence-corrected chi connectivity index (χ1v) is 8.58. The standard InChI is InChI=1S/C20H18ClN3O/c1-4-13-12-14(7-8-16(13)21)20(9-10-20)18-23-22-17-15(19(2,3)25)6-5-11-24(17)18/h1,5-8,11-12,25H,9-10H2,2-3H3. The van der Waals surface area contributed by atoms with Crippen molar-refractivity contribution in [3.63, 3.8) is 0 Å². The molecule has 0 spiro atoms. The largest absolute Gasteiger partial charge is 0.386 e. The number of aliphatic hydroxyl groups is 1. The Balaban J connectivity index is 1.90. The van der Waals surface area contributed by atoms with Crippen molar-refractivity contribution < 1.29 is 5.11 Å². The van der Waals surface area contributed by atoms with Gasteiger partial charge < -0.3 is 5.11 Å². The molecule has 1 aliphatic rings. The Hall–Kier alpha value is -2.35. The third-order valence-electron chi connectivity index (χ3n) is 4.95. The smallest absolute Gasteiger partial charge is 0.166 e. The summed E-state index contributed by atoms with van der Waals surface area (Å²) in [5.74, 6) is 3.51. The van der Waals surface area contributed by atoms with Crippen LogP contribution in [0.5, 0.6) is 0 Å². The fourth-order valence-corrected chi connectivity index (χ4v) is 3.59. The van der Waals surface area contributed by atoms with Gasteiger partial charge in [-0.1, -0.05) is 29.7 Å². The Morgan fingerprint density at radius 1 is 1.28 bits per heavy atom. The number of rotatable bonds is 3. The van der Waals surface area contributed by atoms with Crippen LogP contribution < -0.4 is 0 Å². The van der Waals surface area contributed by atoms with Crippen molar-refractivity contribution in [2.75, 3.05) is 0 Å². The summed E-state index contributed by atoms with van der Waals surface area (Å²) in [4.78, 5) is 0. The van der Waals surface area contributed by atoms with E-state index in [0.29, 0.717) is 16.2 Å². The van der Waals surface area contributed by atoms with Gasteiger partial charge in [0, 0.05) is 17.3 Å². The average Bonchev–Trinajstić information content (AvgIpc) is 3.26. The van der Waals surface area contributed by atoms with Gasteiger partial charge in [-0.25, -0.2) is 0 Å². The van der Waals surface area contributed by atoms with Crippen molar-refractivity contribution in [3.8, 4) is 12.3 Å². The van der Waals surface area contributed by atoms with Gasteiger partial charge in [0.05, 0.1) is 16.0 Å². The summed E-state index contributed by atoms with van der Waals surface area (Å²) in [6.07, 6.45) is 9.46. The number of pyridine rings is 1. The van der Waals surface area contributed by atoms with Crippen LogP contribution >= 0.6 is 11.6 Å². The van der Waals surface area contributed by atoms with Gasteiger partial charge >= 0.3 is 0 Å². The van der Waals surface area contributed by atoms with Gasteiger partial charge in [-0.3, -0.25) is 4.40 Å². The lowest BCUT2D eigenvalue weighted by atomic mass is 9.93. The first-order chi connectivity index (χ1) is 11.9. The minimum absolute atomic E-state index is 0.201. The predicted molar refractivity (Wildman–Crippen MR) is 97.6 cm³/mol. The number of hydrogen-bond acceptors (Lipinski definition) is 3. The molecule has 0 radical (unpaired) electrons. The van der Waals surface area contributed by atoms with Gasteiger partial charge in [-0.15, -0.1) is 16.6 Å². The highest BCUT2D eigenvalue weighted by Crippen LogP contribution is 2.53. The highest BCUT2D eigenvalue weighted by atomic mass is 35.5. The molecule has 3 aromatic rings. The van der Waals surface area contributed by atoms with Gasteiger partial charge in [-0.2, -0.15) is 0 Å². The maximum atomic E-state index is 10.4. The molecule has 4 nitrogen and oxygen atoms in total. The number of halogens is 1. The second-order valence-corrected chi connectivity index (χ2v) is 7.53. The van der Waals surface area contributed by atoms with Crippen LogP contribution in [0.1, 0.15) is 49.2 Å². The van der Waals surface area contributed by atoms with Crippen molar-refractivity contribution in [3.05, 3.63) is 64.1 Å². The van der Waals surface area contributed by atoms with Gasteiger partial charge in [0.25, 0.3) is 0 Å². The lowest BCUT2D eigenvalue weighted by Crippen LogP contribution is -2.18. The Bertz CT molecular complexity index is 1020. The molecule has 0 bridgehead atoms. The van der Waals surface area contributed by atoms with E-state index in [1.165, 1.54) is 0 Å². The molecule has 0 amide bonds. The van der Waals surface area contributed by atoms with E-state index < -0.39 is 5.60 Å². The Morgan fingerprint density at radius 3 is 2.68 bits per heavy atom. The zero-order valence-corrected chi connectivity index (χ0v) is 14.9. The summed E-state index contributed by atoms with van der Waals surface area (Å²) >= 11 is 6.15. The first kappa shape index (κ1) is 16.1. The van der Waals surface area contributed by atoms with Gasteiger partial charge in [-0.05, 0) is 50.5 Å². The lowest BCUT2D eigenvalue weighted by molar-refractivity contribution is 0.0796. The minimum atomic E-state index is -0.986. The summed E-state index contributed by atoms with van der Waals surface area (Å²) in [6, 6.07) is 9.62. The quantitative estimate of drug-likeness (QED) is 0.732. The fraction of sp³-hybridized carbons (Fsp3) is 0.300. The molecule has 25 heavy (non-hydrogen) atoms. The average molecular weight is 352 g/mol. The summed E-state index contributed by atoms with van der Waals surface area (Å²) in [5.41, 5.74) is 2.05. The van der Waals surface area contributed by atoms with Crippen molar-refractivity contribution in [1.82, 2.24) is 14.6 Å². The van der Waals surface area contributed by atoms with Crippen LogP contribution in [0, 0.1) is 12.3 Å². The number of terminal acetylenes is 1. The lowest BCUT2D eigenvalue weighted by Gasteiger charge is -2.19. The molecule has 1 saturated carbocycles. The molecule has 0 atom stereocenters. The van der Waals surface area contributed by atoms with E-state index in [9.17, 15) is 5.11 Å². The monoisotopic (exact) mass is 351 g/mol. The molecule has 0 aliphatic heterocycles. The summed E-state index contributed by atoms with van der Waals surface area (Å²) in [7, 11) is 0. The number of benzene rings is 1. The van der Waals surface area contributed by atoms with Gasteiger partial charge in [0.1, 0.15) is 5.82 Å². The topological polar surface area (TPSA) is 50.4 Å². The van der Waals surface area contributed by atoms with E-state index in [1.807, 2.05) is 40.9 Å². The predicted octanol–water partition coefficient (Wildman–Crippen LogP) is 3.67. The van der Waals surface area contributed by atoms with Crippen LogP contribution in [0.4, 0.5) is 0 Å². The molecule has 126 valence electrons. The van der Waals surface area contributed by atoms with Crippen molar-refractivity contribution >= 4 is 17.2 Å². The molecule has 0 saturated heterocycles. The van der Waals surface area contributed by atoms with Crippen molar-refractivity contribution in [1.29, 1.82) is 0 Å². The van der Waals surface area contributed by atoms with Gasteiger partial charge in [0.15, 0.2) is 5.65 Å². The van der Waals surface area contributed by atoms with E-state index in [1.54, 1.807) is 13.8 Å². The zero-order chi connectivity index (χ0) is 17.8. The molecular weight excluding hydrogens is 334 g/mol. The van der Waals surface area contributed by atoms with Crippen LogP contribution in [0.15, 0.2) is 36.5 Å². The molecule has 1 aromatic carbocycles. The molecule has 2 aromatic heterocycles. The van der Waals surface area contributed by atoms with Gasteiger partial charge in [0.2, 0.25) is 0 Å². The summed E-state index contributed by atoms with van der Waals surface area (Å²) in [6.45, 7) is 3.50. The number of fused-ring (bicyclic) bond motifs is 1. The molecule has 4 rings (SSSR count). The van der Waals surface area contributed by atoms with E-state index in [-0.39, 0.29) is 5.41 Å². The number of hydrogen-bond donors (Lipinski definition) is 1. The van der Waals surface area contributed by atoms with Crippen LogP contribution in [-0.2, 0) is 11.0 Å². The highest BCUT2D eigenvalue weighted by molar-refractivity contribution is 6.31. The molecule has 1 aliphatic carbocycles. The SMILES string of the molecule is C#Cc1cc(C2(c3nnc4c(C(C)(C)O)cccn34)CC2)ccc1Cl. The molecule has 1 N–H and O–H groups in total. The zero-order valence-electron chi connectivity index (χ0n) is 14.1. The normalized spacial score (nSPS) is 16.0. The van der Waals surface area contributed by atoms with Crippen LogP contribution in [0.25, 0.3) is 5.65 Å². The fourth-order valence-electron chi connectivity index (χ4n) is 3.42. The maximum Gasteiger partial charge on any atom is 0.166 e. The summed E-state index contributed by atoms with van der Waals surface area (Å²) < 4.78 is 1.98. The van der Waals surface area contributed by atoms with E-state index in [4.69, 9.17) is 18.0 Å². The van der Waals surface area contributed by atoms with Crippen molar-refractivity contribution in [2.45, 2.75) is 37.7 Å². The minimum Gasteiger partial charge on any atom is -0.386 e. The Labute approximate surface area is 151 Å². The highest BCUT2D eigenvalue weighted by Gasteiger charge is 2.50. The van der Waals surface area contributed by atoms with Crippen LogP contribution in [0.2, 0.25) is 5.02 Å². The maximum absolute atomic E-state index is 10.4. The Kier molecular flexibility index (Phi) is 3.44. The molecule has 2 heterocycles. The number of aromatic nitrogens is 3. The molecular formula is C20H18ClN3O. The first-order valence-electron chi connectivity index (χ1n) is 8.20. The summed E-state index contributed by atoms with van der Waals surface area (Å²) in [5, 5.41) is 19.8. The second-order valence-electron chi connectivity index (χ2n) is 7.12. The number of nitrogens with zero attached hydrogens (tertiary/aromatic N) is 3. The molecule has 1 fully saturated rings. The molecule has 5 heteroatoms. The van der Waals surface area contributed by atoms with Crippen LogP contribution in [-0.4, -0.2) is 19.7 Å². The van der Waals surface area contributed by atoms with Crippen LogP contribution in [0.3, 0.4) is 0 Å². The third-order valence-corrected chi connectivity index (χ3v) is 5.28.